The van der Waals surface area contributed by atoms with E-state index in [2.05, 4.69) is 38.5 Å². The Balaban J connectivity index is 2.03. The molecule has 0 N–H and O–H groups in total. The summed E-state index contributed by atoms with van der Waals surface area (Å²) in [5, 5.41) is -0.421. The molecular weight excluding hydrogens is 363 g/mol. The highest BCUT2D eigenvalue weighted by atomic mass is 32.2. The smallest absolute Gasteiger partial charge is 0.294 e. The van der Waals surface area contributed by atoms with Crippen molar-refractivity contribution < 1.29 is 14.0 Å². The summed E-state index contributed by atoms with van der Waals surface area (Å²) in [6, 6.07) is 3.36. The minimum absolute atomic E-state index is 0.0486. The molecule has 6 heteroatoms. The Hall–Kier alpha value is -2.26. The van der Waals surface area contributed by atoms with Crippen LogP contribution in [0.2, 0.25) is 0 Å². The standard InChI is InChI=1S/C21H23FN2O2S/c1-6-8-23-19(25)18(27-20(23)26)10-14-9-15-13(3)12-21(4,5)24(7-2)17(15)11-16(14)22/h1,9-11,13H,7-8,12H2,2-5H3/b18-10+. The fourth-order valence-corrected chi connectivity index (χ4v) is 4.93. The zero-order valence-corrected chi connectivity index (χ0v) is 16.8. The molecule has 1 aromatic rings. The molecule has 2 aliphatic rings. The molecule has 0 radical (unpaired) electrons. The number of halogens is 1. The van der Waals surface area contributed by atoms with Gasteiger partial charge in [0.1, 0.15) is 5.82 Å². The molecular formula is C21H23FN2O2S. The van der Waals surface area contributed by atoms with Crippen LogP contribution in [0.1, 0.15) is 51.2 Å². The van der Waals surface area contributed by atoms with Gasteiger partial charge in [-0.05, 0) is 68.6 Å². The number of benzene rings is 1. The van der Waals surface area contributed by atoms with Gasteiger partial charge in [-0.3, -0.25) is 14.5 Å². The number of thioether (sulfide) groups is 1. The maximum atomic E-state index is 14.9. The summed E-state index contributed by atoms with van der Waals surface area (Å²) in [6.07, 6.45) is 7.62. The zero-order chi connectivity index (χ0) is 19.9. The first-order valence-corrected chi connectivity index (χ1v) is 9.81. The fourth-order valence-electron chi connectivity index (χ4n) is 4.10. The van der Waals surface area contributed by atoms with Gasteiger partial charge in [0.15, 0.2) is 0 Å². The van der Waals surface area contributed by atoms with Crippen LogP contribution >= 0.6 is 11.8 Å². The average molecular weight is 386 g/mol. The first kappa shape index (κ1) is 19.5. The second-order valence-electron chi connectivity index (χ2n) is 7.57. The van der Waals surface area contributed by atoms with Crippen LogP contribution in [0, 0.1) is 18.2 Å². The molecule has 1 fully saturated rings. The van der Waals surface area contributed by atoms with Crippen LogP contribution in [0.15, 0.2) is 17.0 Å². The molecule has 2 amide bonds. The Morgan fingerprint density at radius 2 is 2.11 bits per heavy atom. The normalized spacial score (nSPS) is 23.0. The van der Waals surface area contributed by atoms with Gasteiger partial charge in [0.05, 0.1) is 11.4 Å². The first-order valence-electron chi connectivity index (χ1n) is 8.99. The third-order valence-electron chi connectivity index (χ3n) is 5.23. The zero-order valence-electron chi connectivity index (χ0n) is 16.0. The predicted octanol–water partition coefficient (Wildman–Crippen LogP) is 4.61. The summed E-state index contributed by atoms with van der Waals surface area (Å²) in [7, 11) is 0. The number of amides is 2. The Labute approximate surface area is 163 Å². The number of fused-ring (bicyclic) bond motifs is 1. The lowest BCUT2D eigenvalue weighted by Gasteiger charge is -2.47. The minimum atomic E-state index is -0.468. The van der Waals surface area contributed by atoms with Gasteiger partial charge in [-0.25, -0.2) is 4.39 Å². The van der Waals surface area contributed by atoms with Gasteiger partial charge in [0.2, 0.25) is 0 Å². The van der Waals surface area contributed by atoms with E-state index in [1.165, 1.54) is 6.08 Å². The van der Waals surface area contributed by atoms with Crippen molar-refractivity contribution in [2.45, 2.75) is 45.6 Å². The second-order valence-corrected chi connectivity index (χ2v) is 8.56. The van der Waals surface area contributed by atoms with E-state index in [1.54, 1.807) is 6.07 Å². The molecule has 0 aromatic heterocycles. The summed E-state index contributed by atoms with van der Waals surface area (Å²) in [6.45, 7) is 9.25. The van der Waals surface area contributed by atoms with E-state index in [4.69, 9.17) is 6.42 Å². The van der Waals surface area contributed by atoms with Gasteiger partial charge >= 0.3 is 0 Å². The first-order chi connectivity index (χ1) is 12.7. The van der Waals surface area contributed by atoms with Gasteiger partial charge < -0.3 is 4.90 Å². The summed E-state index contributed by atoms with van der Waals surface area (Å²) >= 11 is 0.794. The van der Waals surface area contributed by atoms with Crippen LogP contribution in [0.3, 0.4) is 0 Å². The third-order valence-corrected chi connectivity index (χ3v) is 6.14. The molecule has 0 aliphatic carbocycles. The highest BCUT2D eigenvalue weighted by Gasteiger charge is 2.37. The number of nitrogens with zero attached hydrogens (tertiary/aromatic N) is 2. The maximum Gasteiger partial charge on any atom is 0.294 e. The molecule has 3 rings (SSSR count). The Morgan fingerprint density at radius 1 is 1.41 bits per heavy atom. The third kappa shape index (κ3) is 3.37. The van der Waals surface area contributed by atoms with Gasteiger partial charge in [0, 0.05) is 23.3 Å². The maximum absolute atomic E-state index is 14.9. The largest absolute Gasteiger partial charge is 0.366 e. The Morgan fingerprint density at radius 3 is 2.74 bits per heavy atom. The predicted molar refractivity (Wildman–Crippen MR) is 108 cm³/mol. The number of imide groups is 1. The Kier molecular flexibility index (Phi) is 5.09. The number of rotatable bonds is 3. The van der Waals surface area contributed by atoms with Crippen LogP contribution in [-0.4, -0.2) is 34.7 Å². The van der Waals surface area contributed by atoms with Crippen LogP contribution in [0.25, 0.3) is 6.08 Å². The van der Waals surface area contributed by atoms with Gasteiger partial charge in [-0.15, -0.1) is 6.42 Å². The van der Waals surface area contributed by atoms with Crippen LogP contribution < -0.4 is 4.90 Å². The average Bonchev–Trinajstić information content (AvgIpc) is 2.84. The lowest BCUT2D eigenvalue weighted by molar-refractivity contribution is -0.122. The minimum Gasteiger partial charge on any atom is -0.366 e. The number of anilines is 1. The number of hydrogen-bond donors (Lipinski definition) is 0. The topological polar surface area (TPSA) is 40.6 Å². The van der Waals surface area contributed by atoms with Crippen molar-refractivity contribution in [1.82, 2.24) is 4.90 Å². The number of carbonyl (C=O) groups is 2. The van der Waals surface area contributed by atoms with Crippen molar-refractivity contribution in [2.24, 2.45) is 0 Å². The number of carbonyl (C=O) groups excluding carboxylic acids is 2. The van der Waals surface area contributed by atoms with Crippen molar-refractivity contribution in [3.8, 4) is 12.3 Å². The molecule has 1 aromatic carbocycles. The summed E-state index contributed by atoms with van der Waals surface area (Å²) < 4.78 is 14.9. The highest BCUT2D eigenvalue weighted by Crippen LogP contribution is 2.44. The number of hydrogen-bond acceptors (Lipinski definition) is 4. The molecule has 2 heterocycles. The van der Waals surface area contributed by atoms with E-state index in [0.717, 1.165) is 40.9 Å². The van der Waals surface area contributed by atoms with Crippen molar-refractivity contribution in [3.05, 3.63) is 34.0 Å². The molecule has 142 valence electrons. The number of terminal acetylenes is 1. The van der Waals surface area contributed by atoms with Crippen molar-refractivity contribution in [2.75, 3.05) is 18.0 Å². The van der Waals surface area contributed by atoms with E-state index in [1.807, 2.05) is 6.07 Å². The quantitative estimate of drug-likeness (QED) is 0.562. The van der Waals surface area contributed by atoms with Crippen molar-refractivity contribution >= 4 is 34.7 Å². The highest BCUT2D eigenvalue weighted by molar-refractivity contribution is 8.18. The van der Waals surface area contributed by atoms with Gasteiger partial charge in [-0.1, -0.05) is 12.8 Å². The van der Waals surface area contributed by atoms with Gasteiger partial charge in [0.25, 0.3) is 11.1 Å². The molecule has 0 saturated carbocycles. The molecule has 1 atom stereocenters. The molecule has 0 bridgehead atoms. The monoisotopic (exact) mass is 386 g/mol. The summed E-state index contributed by atoms with van der Waals surface area (Å²) in [5.41, 5.74) is 2.23. The van der Waals surface area contributed by atoms with Crippen molar-refractivity contribution in [3.63, 3.8) is 0 Å². The molecule has 1 saturated heterocycles. The van der Waals surface area contributed by atoms with E-state index in [-0.39, 0.29) is 22.9 Å². The molecule has 1 unspecified atom stereocenters. The van der Waals surface area contributed by atoms with E-state index in [0.29, 0.717) is 5.56 Å². The van der Waals surface area contributed by atoms with Crippen LogP contribution in [0.5, 0.6) is 0 Å². The van der Waals surface area contributed by atoms with E-state index in [9.17, 15) is 14.0 Å². The van der Waals surface area contributed by atoms with E-state index >= 15 is 0 Å². The van der Waals surface area contributed by atoms with E-state index < -0.39 is 17.0 Å². The lowest BCUT2D eigenvalue weighted by atomic mass is 9.79. The SMILES string of the molecule is C#CCN1C(=O)S/C(=C/c2cc3c(cc2F)N(CC)C(C)(C)CC3C)C1=O. The lowest BCUT2D eigenvalue weighted by Crippen LogP contribution is -2.48. The molecule has 4 nitrogen and oxygen atoms in total. The summed E-state index contributed by atoms with van der Waals surface area (Å²) in [5.74, 6) is 1.69. The molecule has 2 aliphatic heterocycles. The van der Waals surface area contributed by atoms with Crippen molar-refractivity contribution in [1.29, 1.82) is 0 Å². The Bertz CT molecular complexity index is 885. The fraction of sp³-hybridized carbons (Fsp3) is 0.429. The second kappa shape index (κ2) is 7.05. The molecule has 0 spiro atoms. The van der Waals surface area contributed by atoms with Gasteiger partial charge in [-0.2, -0.15) is 0 Å². The summed E-state index contributed by atoms with van der Waals surface area (Å²) in [4.78, 5) is 27.7. The molecule has 27 heavy (non-hydrogen) atoms. The van der Waals surface area contributed by atoms with Crippen LogP contribution in [0.4, 0.5) is 14.9 Å². The van der Waals surface area contributed by atoms with Crippen LogP contribution in [-0.2, 0) is 4.79 Å².